The fourth-order valence-corrected chi connectivity index (χ4v) is 4.32. The summed E-state index contributed by atoms with van der Waals surface area (Å²) in [6.07, 6.45) is 6.03. The minimum atomic E-state index is -0.765. The Labute approximate surface area is 194 Å². The summed E-state index contributed by atoms with van der Waals surface area (Å²) in [5, 5.41) is 0. The number of aryl methyl sites for hydroxylation is 2. The number of hydrogen-bond donors (Lipinski definition) is 0. The fraction of sp³-hybridized carbons (Fsp3) is 0.320. The highest BCUT2D eigenvalue weighted by Gasteiger charge is 2.29. The van der Waals surface area contributed by atoms with E-state index in [1.165, 1.54) is 16.5 Å². The van der Waals surface area contributed by atoms with Crippen LogP contribution in [0.5, 0.6) is 0 Å². The predicted molar refractivity (Wildman–Crippen MR) is 122 cm³/mol. The monoisotopic (exact) mass is 463 g/mol. The van der Waals surface area contributed by atoms with E-state index in [2.05, 4.69) is 15.0 Å². The molecule has 1 aliphatic rings. The number of aromatic nitrogens is 5. The Hall–Kier alpha value is -3.59. The van der Waals surface area contributed by atoms with Crippen molar-refractivity contribution >= 4 is 5.65 Å². The van der Waals surface area contributed by atoms with Gasteiger partial charge < -0.3 is 4.74 Å². The number of hydrogen-bond acceptors (Lipinski definition) is 6. The Morgan fingerprint density at radius 3 is 2.65 bits per heavy atom. The molecule has 1 saturated heterocycles. The highest BCUT2D eigenvalue weighted by atomic mass is 19.1. The summed E-state index contributed by atoms with van der Waals surface area (Å²) >= 11 is 0. The number of fused-ring (bicyclic) bond motifs is 1. The molecule has 4 heterocycles. The first-order chi connectivity index (χ1) is 16.3. The van der Waals surface area contributed by atoms with Crippen LogP contribution in [0.25, 0.3) is 16.9 Å². The summed E-state index contributed by atoms with van der Waals surface area (Å²) in [4.78, 5) is 31.2. The largest absolute Gasteiger partial charge is 0.372 e. The molecule has 4 aromatic rings. The predicted octanol–water partition coefficient (Wildman–Crippen LogP) is 4.39. The van der Waals surface area contributed by atoms with Crippen LogP contribution in [0.2, 0.25) is 0 Å². The van der Waals surface area contributed by atoms with E-state index in [4.69, 9.17) is 9.72 Å². The third-order valence-corrected chi connectivity index (χ3v) is 6.29. The molecule has 1 fully saturated rings. The van der Waals surface area contributed by atoms with Gasteiger partial charge in [0.1, 0.15) is 23.4 Å². The molecule has 0 unspecified atom stereocenters. The number of halogens is 2. The molecule has 174 valence electrons. The first kappa shape index (κ1) is 22.2. The Balaban J connectivity index is 1.66. The van der Waals surface area contributed by atoms with Crippen LogP contribution in [-0.4, -0.2) is 30.9 Å². The second kappa shape index (κ2) is 8.64. The molecule has 0 spiro atoms. The van der Waals surface area contributed by atoms with Gasteiger partial charge in [-0.25, -0.2) is 18.7 Å². The molecule has 1 aromatic carbocycles. The van der Waals surface area contributed by atoms with E-state index in [0.29, 0.717) is 36.4 Å². The Morgan fingerprint density at radius 1 is 1.06 bits per heavy atom. The zero-order valence-corrected chi connectivity index (χ0v) is 19.0. The van der Waals surface area contributed by atoms with Gasteiger partial charge in [-0.3, -0.25) is 19.2 Å². The van der Waals surface area contributed by atoms with E-state index in [1.54, 1.807) is 32.4 Å². The van der Waals surface area contributed by atoms with Gasteiger partial charge in [-0.1, -0.05) is 0 Å². The van der Waals surface area contributed by atoms with Crippen molar-refractivity contribution in [2.24, 2.45) is 0 Å². The lowest BCUT2D eigenvalue weighted by atomic mass is 9.91. The average molecular weight is 463 g/mol. The van der Waals surface area contributed by atoms with E-state index in [9.17, 15) is 13.6 Å². The van der Waals surface area contributed by atoms with Gasteiger partial charge in [0, 0.05) is 47.8 Å². The molecule has 9 heteroatoms. The standard InChI is InChI=1S/C25H23F2N5O2/c1-13-10-28-11-20(29-13)22-8-16(6-7-34-22)21-12-32-24(30-15(3)14(2)25(32)33)23(31-21)18-5-4-17(26)9-19(18)27/h4-5,9-12,16,22H,6-8H2,1-3H3/t16-,22+/m0/s1. The summed E-state index contributed by atoms with van der Waals surface area (Å²) in [5.74, 6) is -1.52. The van der Waals surface area contributed by atoms with Crippen molar-refractivity contribution in [1.29, 1.82) is 0 Å². The molecule has 0 N–H and O–H groups in total. The highest BCUT2D eigenvalue weighted by Crippen LogP contribution is 2.37. The molecule has 0 bridgehead atoms. The van der Waals surface area contributed by atoms with Crippen molar-refractivity contribution in [2.45, 2.75) is 45.6 Å². The molecule has 2 atom stereocenters. The molecule has 7 nitrogen and oxygen atoms in total. The number of nitrogens with zero attached hydrogens (tertiary/aromatic N) is 5. The second-order valence-corrected chi connectivity index (χ2v) is 8.63. The van der Waals surface area contributed by atoms with Crippen molar-refractivity contribution < 1.29 is 13.5 Å². The van der Waals surface area contributed by atoms with E-state index >= 15 is 0 Å². The first-order valence-corrected chi connectivity index (χ1v) is 11.1. The normalized spacial score (nSPS) is 18.4. The number of ether oxygens (including phenoxy) is 1. The first-order valence-electron chi connectivity index (χ1n) is 11.1. The summed E-state index contributed by atoms with van der Waals surface area (Å²) in [6, 6.07) is 3.30. The number of benzene rings is 1. The quantitative estimate of drug-likeness (QED) is 0.448. The summed E-state index contributed by atoms with van der Waals surface area (Å²) in [6.45, 7) is 5.78. The van der Waals surface area contributed by atoms with Crippen molar-refractivity contribution in [3.63, 3.8) is 0 Å². The van der Waals surface area contributed by atoms with Crippen LogP contribution < -0.4 is 5.56 Å². The molecule has 0 saturated carbocycles. The second-order valence-electron chi connectivity index (χ2n) is 8.63. The van der Waals surface area contributed by atoms with Crippen LogP contribution in [0.4, 0.5) is 8.78 Å². The van der Waals surface area contributed by atoms with Crippen LogP contribution >= 0.6 is 0 Å². The molecule has 5 rings (SSSR count). The molecule has 0 aliphatic carbocycles. The maximum absolute atomic E-state index is 14.8. The Morgan fingerprint density at radius 2 is 1.88 bits per heavy atom. The highest BCUT2D eigenvalue weighted by molar-refractivity contribution is 5.74. The van der Waals surface area contributed by atoms with Crippen LogP contribution in [0.1, 0.15) is 53.2 Å². The van der Waals surface area contributed by atoms with Crippen LogP contribution in [0.15, 0.2) is 41.6 Å². The number of rotatable bonds is 3. The van der Waals surface area contributed by atoms with E-state index < -0.39 is 11.6 Å². The van der Waals surface area contributed by atoms with E-state index in [-0.39, 0.29) is 34.5 Å². The SMILES string of the molecule is Cc1cncc([C@H]2C[C@@H](c3cn4c(=O)c(C)c(C)nc4c(-c4ccc(F)cc4F)n3)CCO2)n1. The maximum Gasteiger partial charge on any atom is 0.261 e. The van der Waals surface area contributed by atoms with Gasteiger partial charge in [0.25, 0.3) is 5.56 Å². The smallest absolute Gasteiger partial charge is 0.261 e. The van der Waals surface area contributed by atoms with Gasteiger partial charge in [-0.05, 0) is 45.7 Å². The lowest BCUT2D eigenvalue weighted by Gasteiger charge is -2.29. The zero-order chi connectivity index (χ0) is 24.0. The fourth-order valence-electron chi connectivity index (χ4n) is 4.32. The topological polar surface area (TPSA) is 82.3 Å². The molecule has 0 amide bonds. The van der Waals surface area contributed by atoms with Crippen molar-refractivity contribution in [2.75, 3.05) is 6.61 Å². The van der Waals surface area contributed by atoms with Crippen LogP contribution in [-0.2, 0) is 4.74 Å². The third-order valence-electron chi connectivity index (χ3n) is 6.29. The molecular weight excluding hydrogens is 440 g/mol. The van der Waals surface area contributed by atoms with Gasteiger partial charge in [0.15, 0.2) is 5.65 Å². The molecule has 3 aromatic heterocycles. The summed E-state index contributed by atoms with van der Waals surface area (Å²) in [5.41, 5.74) is 3.46. The summed E-state index contributed by atoms with van der Waals surface area (Å²) < 4.78 is 35.8. The van der Waals surface area contributed by atoms with Crippen molar-refractivity contribution in [3.05, 3.63) is 87.1 Å². The molecule has 0 radical (unpaired) electrons. The van der Waals surface area contributed by atoms with E-state index in [0.717, 1.165) is 17.5 Å². The maximum atomic E-state index is 14.8. The Kier molecular flexibility index (Phi) is 5.65. The van der Waals surface area contributed by atoms with Crippen LogP contribution in [0, 0.1) is 32.4 Å². The molecular formula is C25H23F2N5O2. The van der Waals surface area contributed by atoms with Crippen LogP contribution in [0.3, 0.4) is 0 Å². The lowest BCUT2D eigenvalue weighted by Crippen LogP contribution is -2.24. The van der Waals surface area contributed by atoms with Crippen molar-refractivity contribution in [3.8, 4) is 11.3 Å². The minimum Gasteiger partial charge on any atom is -0.372 e. The molecule has 34 heavy (non-hydrogen) atoms. The van der Waals surface area contributed by atoms with Gasteiger partial charge in [0.2, 0.25) is 0 Å². The average Bonchev–Trinajstić information content (AvgIpc) is 2.82. The Bertz CT molecular complexity index is 1470. The summed E-state index contributed by atoms with van der Waals surface area (Å²) in [7, 11) is 0. The zero-order valence-electron chi connectivity index (χ0n) is 19.0. The van der Waals surface area contributed by atoms with Gasteiger partial charge in [-0.15, -0.1) is 0 Å². The van der Waals surface area contributed by atoms with E-state index in [1.807, 2.05) is 6.92 Å². The van der Waals surface area contributed by atoms with Gasteiger partial charge in [-0.2, -0.15) is 0 Å². The molecule has 1 aliphatic heterocycles. The third kappa shape index (κ3) is 3.96. The van der Waals surface area contributed by atoms with Gasteiger partial charge in [0.05, 0.1) is 23.3 Å². The van der Waals surface area contributed by atoms with Crippen molar-refractivity contribution in [1.82, 2.24) is 24.3 Å². The van der Waals surface area contributed by atoms with Gasteiger partial charge >= 0.3 is 0 Å². The lowest BCUT2D eigenvalue weighted by molar-refractivity contribution is 0.00176. The minimum absolute atomic E-state index is 0.0683.